The van der Waals surface area contributed by atoms with Crippen LogP contribution in [0.1, 0.15) is 18.4 Å². The van der Waals surface area contributed by atoms with Crippen molar-refractivity contribution >= 4 is 17.9 Å². The zero-order valence-corrected chi connectivity index (χ0v) is 9.93. The summed E-state index contributed by atoms with van der Waals surface area (Å²) in [5.74, 6) is 0.0590. The number of carbonyl (C=O) groups excluding carboxylic acids is 2. The first kappa shape index (κ1) is 11.8. The van der Waals surface area contributed by atoms with Gasteiger partial charge >= 0.3 is 0 Å². The van der Waals surface area contributed by atoms with Crippen molar-refractivity contribution in [3.63, 3.8) is 0 Å². The van der Waals surface area contributed by atoms with Gasteiger partial charge in [-0.25, -0.2) is 10.0 Å². The number of benzene rings is 1. The van der Waals surface area contributed by atoms with E-state index in [0.29, 0.717) is 6.42 Å². The molecule has 0 aliphatic carbocycles. The summed E-state index contributed by atoms with van der Waals surface area (Å²) in [6, 6.07) is 7.77. The molecule has 0 atom stereocenters. The molecule has 4 heteroatoms. The highest BCUT2D eigenvalue weighted by molar-refractivity contribution is 5.93. The second-order valence-corrected chi connectivity index (χ2v) is 4.23. The molecule has 1 aliphatic rings. The highest BCUT2D eigenvalue weighted by Gasteiger charge is 2.26. The number of amides is 1. The maximum absolute atomic E-state index is 12.0. The Morgan fingerprint density at radius 3 is 2.94 bits per heavy atom. The molecule has 4 nitrogen and oxygen atoms in total. The van der Waals surface area contributed by atoms with Gasteiger partial charge in [-0.2, -0.15) is 0 Å². The molecule has 0 N–H and O–H groups in total. The Kier molecular flexibility index (Phi) is 3.54. The van der Waals surface area contributed by atoms with Crippen molar-refractivity contribution in [2.24, 2.45) is 0 Å². The summed E-state index contributed by atoms with van der Waals surface area (Å²) < 4.78 is 0. The Balaban J connectivity index is 2.30. The summed E-state index contributed by atoms with van der Waals surface area (Å²) in [5, 5.41) is 3.43. The van der Waals surface area contributed by atoms with Crippen molar-refractivity contribution in [2.75, 3.05) is 18.1 Å². The minimum absolute atomic E-state index is 0.0590. The lowest BCUT2D eigenvalue weighted by Gasteiger charge is -2.37. The first-order valence-electron chi connectivity index (χ1n) is 5.80. The van der Waals surface area contributed by atoms with Crippen molar-refractivity contribution < 1.29 is 9.59 Å². The van der Waals surface area contributed by atoms with Crippen molar-refractivity contribution in [1.29, 1.82) is 0 Å². The number of hydrazine groups is 1. The van der Waals surface area contributed by atoms with Crippen LogP contribution in [0, 0.1) is 6.92 Å². The second kappa shape index (κ2) is 5.10. The van der Waals surface area contributed by atoms with Crippen molar-refractivity contribution in [2.45, 2.75) is 19.8 Å². The van der Waals surface area contributed by atoms with Crippen LogP contribution in [0.2, 0.25) is 0 Å². The molecule has 17 heavy (non-hydrogen) atoms. The molecule has 0 aromatic heterocycles. The van der Waals surface area contributed by atoms with Gasteiger partial charge in [0.05, 0.1) is 12.2 Å². The molecule has 1 amide bonds. The van der Waals surface area contributed by atoms with Crippen LogP contribution >= 0.6 is 0 Å². The number of anilines is 1. The molecule has 0 unspecified atom stereocenters. The molecule has 0 radical (unpaired) electrons. The van der Waals surface area contributed by atoms with E-state index in [0.717, 1.165) is 30.5 Å². The average Bonchev–Trinajstić information content (AvgIpc) is 2.29. The first-order valence-corrected chi connectivity index (χ1v) is 5.80. The van der Waals surface area contributed by atoms with Crippen LogP contribution in [-0.2, 0) is 9.59 Å². The van der Waals surface area contributed by atoms with Crippen LogP contribution in [0.4, 0.5) is 5.69 Å². The van der Waals surface area contributed by atoms with E-state index >= 15 is 0 Å². The van der Waals surface area contributed by atoms with Gasteiger partial charge in [0.25, 0.3) is 0 Å². The third kappa shape index (κ3) is 2.53. The SMILES string of the molecule is Cc1cccc(N2C(=O)CCCN2CC=O)c1. The summed E-state index contributed by atoms with van der Waals surface area (Å²) in [4.78, 5) is 22.6. The third-order valence-corrected chi connectivity index (χ3v) is 2.86. The molecule has 0 spiro atoms. The first-order chi connectivity index (χ1) is 8.22. The van der Waals surface area contributed by atoms with Crippen LogP contribution in [0.5, 0.6) is 0 Å². The van der Waals surface area contributed by atoms with Gasteiger partial charge in [0.15, 0.2) is 0 Å². The quantitative estimate of drug-likeness (QED) is 0.742. The van der Waals surface area contributed by atoms with E-state index in [1.807, 2.05) is 31.2 Å². The fourth-order valence-electron chi connectivity index (χ4n) is 2.10. The summed E-state index contributed by atoms with van der Waals surface area (Å²) in [7, 11) is 0. The number of hydrogen-bond acceptors (Lipinski definition) is 3. The van der Waals surface area contributed by atoms with E-state index in [4.69, 9.17) is 0 Å². The van der Waals surface area contributed by atoms with Crippen LogP contribution in [-0.4, -0.2) is 30.3 Å². The minimum atomic E-state index is 0.0590. The van der Waals surface area contributed by atoms with E-state index in [-0.39, 0.29) is 12.5 Å². The largest absolute Gasteiger partial charge is 0.302 e. The van der Waals surface area contributed by atoms with Gasteiger partial charge in [0, 0.05) is 13.0 Å². The maximum atomic E-state index is 12.0. The minimum Gasteiger partial charge on any atom is -0.302 e. The molecule has 1 fully saturated rings. The molecule has 90 valence electrons. The number of nitrogens with zero attached hydrogens (tertiary/aromatic N) is 2. The smallest absolute Gasteiger partial charge is 0.241 e. The molecule has 1 saturated heterocycles. The zero-order valence-electron chi connectivity index (χ0n) is 9.93. The highest BCUT2D eigenvalue weighted by atomic mass is 16.2. The van der Waals surface area contributed by atoms with Crippen LogP contribution in [0.25, 0.3) is 0 Å². The molecular formula is C13H16N2O2. The number of aryl methyl sites for hydroxylation is 1. The van der Waals surface area contributed by atoms with E-state index < -0.39 is 0 Å². The van der Waals surface area contributed by atoms with Gasteiger partial charge in [-0.15, -0.1) is 0 Å². The molecule has 1 aromatic carbocycles. The molecule has 2 rings (SSSR count). The van der Waals surface area contributed by atoms with Crippen molar-refractivity contribution in [1.82, 2.24) is 5.01 Å². The highest BCUT2D eigenvalue weighted by Crippen LogP contribution is 2.22. The van der Waals surface area contributed by atoms with Crippen LogP contribution in [0.15, 0.2) is 24.3 Å². The summed E-state index contributed by atoms with van der Waals surface area (Å²) >= 11 is 0. The van der Waals surface area contributed by atoms with E-state index in [9.17, 15) is 9.59 Å². The molecular weight excluding hydrogens is 216 g/mol. The van der Waals surface area contributed by atoms with Crippen LogP contribution in [0.3, 0.4) is 0 Å². The fraction of sp³-hybridized carbons (Fsp3) is 0.385. The third-order valence-electron chi connectivity index (χ3n) is 2.86. The molecule has 1 aromatic rings. The Morgan fingerprint density at radius 2 is 2.24 bits per heavy atom. The monoisotopic (exact) mass is 232 g/mol. The predicted molar refractivity (Wildman–Crippen MR) is 65.5 cm³/mol. The normalized spacial score (nSPS) is 17.2. The van der Waals surface area contributed by atoms with Crippen LogP contribution < -0.4 is 5.01 Å². The van der Waals surface area contributed by atoms with E-state index in [2.05, 4.69) is 0 Å². The summed E-state index contributed by atoms with van der Waals surface area (Å²) in [5.41, 5.74) is 1.95. The van der Waals surface area contributed by atoms with Gasteiger partial charge in [-0.3, -0.25) is 4.79 Å². The lowest BCUT2D eigenvalue weighted by atomic mass is 10.2. The van der Waals surface area contributed by atoms with Gasteiger partial charge in [-0.1, -0.05) is 12.1 Å². The number of aldehydes is 1. The van der Waals surface area contributed by atoms with Gasteiger partial charge < -0.3 is 4.79 Å². The van der Waals surface area contributed by atoms with Crippen molar-refractivity contribution in [3.8, 4) is 0 Å². The van der Waals surface area contributed by atoms with Gasteiger partial charge in [-0.05, 0) is 31.0 Å². The predicted octanol–water partition coefficient (Wildman–Crippen LogP) is 1.54. The molecule has 1 heterocycles. The zero-order chi connectivity index (χ0) is 12.3. The van der Waals surface area contributed by atoms with Gasteiger partial charge in [0.2, 0.25) is 5.91 Å². The standard InChI is InChI=1S/C13H16N2O2/c1-11-4-2-5-12(10-11)15-13(17)6-3-7-14(15)8-9-16/h2,4-5,9-10H,3,6-8H2,1H3. The maximum Gasteiger partial charge on any atom is 0.241 e. The summed E-state index contributed by atoms with van der Waals surface area (Å²) in [6.07, 6.45) is 2.19. The number of rotatable bonds is 3. The second-order valence-electron chi connectivity index (χ2n) is 4.23. The number of hydrogen-bond donors (Lipinski definition) is 0. The Hall–Kier alpha value is -1.68. The van der Waals surface area contributed by atoms with E-state index in [1.165, 1.54) is 0 Å². The lowest BCUT2D eigenvalue weighted by molar-refractivity contribution is -0.124. The number of carbonyl (C=O) groups is 2. The molecule has 0 bridgehead atoms. The lowest BCUT2D eigenvalue weighted by Crippen LogP contribution is -2.51. The fourth-order valence-corrected chi connectivity index (χ4v) is 2.10. The Labute approximate surface area is 101 Å². The topological polar surface area (TPSA) is 40.6 Å². The average molecular weight is 232 g/mol. The Morgan fingerprint density at radius 1 is 1.41 bits per heavy atom. The van der Waals surface area contributed by atoms with Crippen molar-refractivity contribution in [3.05, 3.63) is 29.8 Å². The summed E-state index contributed by atoms with van der Waals surface area (Å²) in [6.45, 7) is 3.00. The molecule has 0 saturated carbocycles. The molecule has 1 aliphatic heterocycles. The van der Waals surface area contributed by atoms with Gasteiger partial charge in [0.1, 0.15) is 6.29 Å². The Bertz CT molecular complexity index is 431. The van der Waals surface area contributed by atoms with E-state index in [1.54, 1.807) is 10.0 Å².